The Morgan fingerprint density at radius 2 is 2.19 bits per heavy atom. The average molecular weight is 354 g/mol. The zero-order chi connectivity index (χ0) is 15.2. The molecule has 1 aromatic carbocycles. The zero-order valence-corrected chi connectivity index (χ0v) is 15.1. The first-order valence-corrected chi connectivity index (χ1v) is 8.81. The van der Waals surface area contributed by atoms with E-state index in [1.165, 1.54) is 41.5 Å². The van der Waals surface area contributed by atoms with Crippen LogP contribution < -0.4 is 10.2 Å². The zero-order valence-electron chi connectivity index (χ0n) is 13.5. The van der Waals surface area contributed by atoms with Crippen LogP contribution in [0.4, 0.5) is 5.69 Å². The van der Waals surface area contributed by atoms with Crippen LogP contribution in [0.3, 0.4) is 0 Å². The Balaban J connectivity index is 2.01. The summed E-state index contributed by atoms with van der Waals surface area (Å²) in [6, 6.07) is 7.47. The van der Waals surface area contributed by atoms with Gasteiger partial charge in [-0.1, -0.05) is 28.9 Å². The largest absolute Gasteiger partial charge is 0.370 e. The van der Waals surface area contributed by atoms with E-state index >= 15 is 0 Å². The Hall–Kier alpha value is -0.580. The molecule has 2 rings (SSSR count). The second-order valence-electron chi connectivity index (χ2n) is 6.16. The lowest BCUT2D eigenvalue weighted by atomic mass is 10.0. The molecule has 0 aliphatic carbocycles. The molecule has 0 bridgehead atoms. The van der Waals surface area contributed by atoms with Crippen molar-refractivity contribution >= 4 is 21.6 Å². The summed E-state index contributed by atoms with van der Waals surface area (Å²) in [5.74, 6) is 0. The van der Waals surface area contributed by atoms with Crippen molar-refractivity contribution in [3.8, 4) is 0 Å². The van der Waals surface area contributed by atoms with E-state index in [0.717, 1.165) is 19.6 Å². The standard InChI is InChI=1S/C17H28BrN3/c1-4-9-19-12-14-7-8-15(11-17(14)18)21-10-5-6-16(13-21)20(2)3/h7-8,11,16,19H,4-6,9-10,12-13H2,1-3H3. The quantitative estimate of drug-likeness (QED) is 0.789. The minimum atomic E-state index is 0.670. The van der Waals surface area contributed by atoms with Gasteiger partial charge in [-0.25, -0.2) is 0 Å². The molecule has 1 aromatic rings. The number of nitrogens with one attached hydrogen (secondary N) is 1. The van der Waals surface area contributed by atoms with Crippen LogP contribution in [0.25, 0.3) is 0 Å². The number of likely N-dealkylation sites (N-methyl/N-ethyl adjacent to an activating group) is 1. The molecule has 1 aliphatic heterocycles. The van der Waals surface area contributed by atoms with E-state index in [-0.39, 0.29) is 0 Å². The average Bonchev–Trinajstić information content (AvgIpc) is 2.49. The molecule has 1 heterocycles. The third-order valence-electron chi connectivity index (χ3n) is 4.27. The third-order valence-corrected chi connectivity index (χ3v) is 5.01. The van der Waals surface area contributed by atoms with E-state index in [1.54, 1.807) is 0 Å². The van der Waals surface area contributed by atoms with E-state index in [4.69, 9.17) is 0 Å². The molecule has 21 heavy (non-hydrogen) atoms. The smallest absolute Gasteiger partial charge is 0.0378 e. The summed E-state index contributed by atoms with van der Waals surface area (Å²) in [6.07, 6.45) is 3.76. The fraction of sp³-hybridized carbons (Fsp3) is 0.647. The molecule has 1 fully saturated rings. The lowest BCUT2D eigenvalue weighted by Crippen LogP contribution is -2.45. The second-order valence-corrected chi connectivity index (χ2v) is 7.01. The highest BCUT2D eigenvalue weighted by atomic mass is 79.9. The van der Waals surface area contributed by atoms with Crippen LogP contribution in [0.1, 0.15) is 31.7 Å². The van der Waals surface area contributed by atoms with Gasteiger partial charge in [-0.2, -0.15) is 0 Å². The van der Waals surface area contributed by atoms with Crippen molar-refractivity contribution in [2.45, 2.75) is 38.8 Å². The van der Waals surface area contributed by atoms with Crippen molar-refractivity contribution < 1.29 is 0 Å². The summed E-state index contributed by atoms with van der Waals surface area (Å²) in [5, 5.41) is 3.46. The normalized spacial score (nSPS) is 19.3. The predicted octanol–water partition coefficient (Wildman–Crippen LogP) is 3.48. The van der Waals surface area contributed by atoms with Gasteiger partial charge in [-0.05, 0) is 57.6 Å². The van der Waals surface area contributed by atoms with Crippen LogP contribution in [0.15, 0.2) is 22.7 Å². The molecular formula is C17H28BrN3. The number of hydrogen-bond donors (Lipinski definition) is 1. The topological polar surface area (TPSA) is 18.5 Å². The van der Waals surface area contributed by atoms with Crippen LogP contribution in [-0.4, -0.2) is 44.7 Å². The lowest BCUT2D eigenvalue weighted by molar-refractivity contribution is 0.258. The van der Waals surface area contributed by atoms with Gasteiger partial charge >= 0.3 is 0 Å². The summed E-state index contributed by atoms with van der Waals surface area (Å²) in [7, 11) is 4.37. The predicted molar refractivity (Wildman–Crippen MR) is 95.1 cm³/mol. The number of halogens is 1. The van der Waals surface area contributed by atoms with E-state index in [1.807, 2.05) is 0 Å². The SMILES string of the molecule is CCCNCc1ccc(N2CCCC(N(C)C)C2)cc1Br. The lowest BCUT2D eigenvalue weighted by Gasteiger charge is -2.37. The molecule has 1 atom stereocenters. The summed E-state index contributed by atoms with van der Waals surface area (Å²) in [6.45, 7) is 6.51. The molecule has 1 saturated heterocycles. The first-order valence-electron chi connectivity index (χ1n) is 8.02. The van der Waals surface area contributed by atoms with Crippen molar-refractivity contribution in [1.82, 2.24) is 10.2 Å². The van der Waals surface area contributed by atoms with Gasteiger partial charge in [0.05, 0.1) is 0 Å². The monoisotopic (exact) mass is 353 g/mol. The van der Waals surface area contributed by atoms with Gasteiger partial charge in [0.1, 0.15) is 0 Å². The first kappa shape index (κ1) is 16.8. The van der Waals surface area contributed by atoms with E-state index < -0.39 is 0 Å². The molecule has 0 saturated carbocycles. The highest BCUT2D eigenvalue weighted by Crippen LogP contribution is 2.27. The molecule has 1 aliphatic rings. The maximum absolute atomic E-state index is 3.73. The number of nitrogens with zero attached hydrogens (tertiary/aromatic N) is 2. The molecule has 1 N–H and O–H groups in total. The van der Waals surface area contributed by atoms with Gasteiger partial charge in [-0.15, -0.1) is 0 Å². The third kappa shape index (κ3) is 4.70. The van der Waals surface area contributed by atoms with Crippen LogP contribution in [0.5, 0.6) is 0 Å². The van der Waals surface area contributed by atoms with E-state index in [0.29, 0.717) is 6.04 Å². The van der Waals surface area contributed by atoms with Crippen LogP contribution in [0.2, 0.25) is 0 Å². The summed E-state index contributed by atoms with van der Waals surface area (Å²) in [5.41, 5.74) is 2.68. The van der Waals surface area contributed by atoms with Gasteiger partial charge in [0.25, 0.3) is 0 Å². The fourth-order valence-electron chi connectivity index (χ4n) is 2.89. The van der Waals surface area contributed by atoms with Crippen molar-refractivity contribution in [1.29, 1.82) is 0 Å². The van der Waals surface area contributed by atoms with Crippen molar-refractivity contribution in [3.05, 3.63) is 28.2 Å². The minimum absolute atomic E-state index is 0.670. The summed E-state index contributed by atoms with van der Waals surface area (Å²) in [4.78, 5) is 4.87. The summed E-state index contributed by atoms with van der Waals surface area (Å²) < 4.78 is 1.22. The Bertz CT molecular complexity index is 448. The number of anilines is 1. The highest BCUT2D eigenvalue weighted by Gasteiger charge is 2.21. The molecule has 0 aromatic heterocycles. The van der Waals surface area contributed by atoms with E-state index in [2.05, 4.69) is 70.3 Å². The molecule has 0 radical (unpaired) electrons. The van der Waals surface area contributed by atoms with Gasteiger partial charge < -0.3 is 15.1 Å². The molecule has 1 unspecified atom stereocenters. The minimum Gasteiger partial charge on any atom is -0.370 e. The van der Waals surface area contributed by atoms with Crippen molar-refractivity contribution in [2.75, 3.05) is 38.6 Å². The van der Waals surface area contributed by atoms with Crippen molar-refractivity contribution in [3.63, 3.8) is 0 Å². The van der Waals surface area contributed by atoms with Gasteiger partial charge in [0, 0.05) is 35.8 Å². The van der Waals surface area contributed by atoms with Crippen LogP contribution in [0, 0.1) is 0 Å². The summed E-state index contributed by atoms with van der Waals surface area (Å²) >= 11 is 3.73. The van der Waals surface area contributed by atoms with E-state index in [9.17, 15) is 0 Å². The number of rotatable bonds is 6. The molecule has 3 nitrogen and oxygen atoms in total. The number of piperidine rings is 1. The van der Waals surface area contributed by atoms with Gasteiger partial charge in [-0.3, -0.25) is 0 Å². The first-order chi connectivity index (χ1) is 10.1. The Morgan fingerprint density at radius 1 is 1.38 bits per heavy atom. The van der Waals surface area contributed by atoms with Gasteiger partial charge in [0.15, 0.2) is 0 Å². The maximum atomic E-state index is 3.73. The highest BCUT2D eigenvalue weighted by molar-refractivity contribution is 9.10. The second kappa shape index (κ2) is 8.16. The Labute approximate surface area is 137 Å². The van der Waals surface area contributed by atoms with Crippen LogP contribution >= 0.6 is 15.9 Å². The molecule has 0 amide bonds. The number of benzene rings is 1. The van der Waals surface area contributed by atoms with Crippen LogP contribution in [-0.2, 0) is 6.54 Å². The fourth-order valence-corrected chi connectivity index (χ4v) is 3.39. The Kier molecular flexibility index (Phi) is 6.52. The maximum Gasteiger partial charge on any atom is 0.0378 e. The van der Waals surface area contributed by atoms with Crippen molar-refractivity contribution in [2.24, 2.45) is 0 Å². The molecule has 118 valence electrons. The molecular weight excluding hydrogens is 326 g/mol. The molecule has 0 spiro atoms. The number of hydrogen-bond acceptors (Lipinski definition) is 3. The molecule has 4 heteroatoms. The van der Waals surface area contributed by atoms with Gasteiger partial charge in [0.2, 0.25) is 0 Å². The Morgan fingerprint density at radius 3 is 2.86 bits per heavy atom.